The van der Waals surface area contributed by atoms with E-state index in [1.54, 1.807) is 35.7 Å². The number of aryl methyl sites for hydroxylation is 2. The van der Waals surface area contributed by atoms with Crippen LogP contribution in [-0.4, -0.2) is 43.7 Å². The number of nitrogens with zero attached hydrogens (tertiary/aromatic N) is 4. The number of hydrogen-bond donors (Lipinski definition) is 3. The summed E-state index contributed by atoms with van der Waals surface area (Å²) in [6, 6.07) is 6.29. The molecule has 0 spiro atoms. The SMILES string of the molecule is CSc1nc2nc(C)c(CC(=O)Nc3cccc(C4(C)NC(=O)NC4=O)c3)c(C)n2n1. The van der Waals surface area contributed by atoms with Gasteiger partial charge in [-0.2, -0.15) is 4.98 Å². The standard InChI is InChI=1S/C20H21N7O3S/c1-10-14(11(2)27-17(21-10)24-19(26-27)31-4)9-15(28)22-13-7-5-6-12(8-13)20(3)16(29)23-18(30)25-20/h5-8H,9H2,1-4H3,(H,22,28)(H2,23,25,29,30). The second-order valence-electron chi connectivity index (χ2n) is 7.41. The normalized spacial score (nSPS) is 18.2. The molecule has 10 nitrogen and oxygen atoms in total. The minimum absolute atomic E-state index is 0.105. The monoisotopic (exact) mass is 439 g/mol. The van der Waals surface area contributed by atoms with E-state index in [1.807, 2.05) is 20.1 Å². The minimum Gasteiger partial charge on any atom is -0.326 e. The van der Waals surface area contributed by atoms with Crippen LogP contribution in [-0.2, 0) is 21.5 Å². The Morgan fingerprint density at radius 2 is 2.03 bits per heavy atom. The molecule has 0 saturated carbocycles. The second-order valence-corrected chi connectivity index (χ2v) is 8.18. The first-order valence-corrected chi connectivity index (χ1v) is 10.7. The Morgan fingerprint density at radius 3 is 2.71 bits per heavy atom. The molecule has 1 aromatic carbocycles. The van der Waals surface area contributed by atoms with Gasteiger partial charge in [0.2, 0.25) is 11.1 Å². The molecular formula is C20H21N7O3S. The lowest BCUT2D eigenvalue weighted by Gasteiger charge is -2.21. The van der Waals surface area contributed by atoms with E-state index in [4.69, 9.17) is 0 Å². The van der Waals surface area contributed by atoms with Gasteiger partial charge in [0.15, 0.2) is 0 Å². The average molecular weight is 440 g/mol. The molecule has 31 heavy (non-hydrogen) atoms. The van der Waals surface area contributed by atoms with Crippen LogP contribution in [0, 0.1) is 13.8 Å². The van der Waals surface area contributed by atoms with E-state index < -0.39 is 17.5 Å². The van der Waals surface area contributed by atoms with Crippen molar-refractivity contribution in [1.82, 2.24) is 30.2 Å². The number of anilines is 1. The zero-order valence-corrected chi connectivity index (χ0v) is 18.3. The van der Waals surface area contributed by atoms with Gasteiger partial charge in [-0.25, -0.2) is 14.3 Å². The van der Waals surface area contributed by atoms with Crippen LogP contribution < -0.4 is 16.0 Å². The first-order chi connectivity index (χ1) is 14.7. The molecule has 1 atom stereocenters. The van der Waals surface area contributed by atoms with Crippen LogP contribution >= 0.6 is 11.8 Å². The lowest BCUT2D eigenvalue weighted by atomic mass is 9.92. The second kappa shape index (κ2) is 7.65. The number of amides is 4. The number of benzene rings is 1. The quantitative estimate of drug-likeness (QED) is 0.407. The van der Waals surface area contributed by atoms with Crippen molar-refractivity contribution >= 4 is 41.1 Å². The van der Waals surface area contributed by atoms with Crippen molar-refractivity contribution in [3.05, 3.63) is 46.8 Å². The third kappa shape index (κ3) is 3.72. The molecule has 3 aromatic rings. The summed E-state index contributed by atoms with van der Waals surface area (Å²) < 4.78 is 1.64. The van der Waals surface area contributed by atoms with Crippen LogP contribution in [0.25, 0.3) is 5.78 Å². The molecule has 1 saturated heterocycles. The molecule has 0 bridgehead atoms. The predicted molar refractivity (Wildman–Crippen MR) is 115 cm³/mol. The molecule has 0 aliphatic carbocycles. The molecule has 3 N–H and O–H groups in total. The number of urea groups is 1. The van der Waals surface area contributed by atoms with Gasteiger partial charge in [0.1, 0.15) is 5.54 Å². The minimum atomic E-state index is -1.19. The Bertz CT molecular complexity index is 1240. The largest absolute Gasteiger partial charge is 0.326 e. The molecule has 11 heteroatoms. The van der Waals surface area contributed by atoms with Gasteiger partial charge < -0.3 is 10.6 Å². The molecule has 1 unspecified atom stereocenters. The number of hydrogen-bond acceptors (Lipinski definition) is 7. The number of rotatable bonds is 5. The first kappa shape index (κ1) is 20.8. The van der Waals surface area contributed by atoms with Gasteiger partial charge >= 0.3 is 6.03 Å². The molecule has 1 aliphatic heterocycles. The smallest absolute Gasteiger partial charge is 0.322 e. The molecule has 2 aromatic heterocycles. The summed E-state index contributed by atoms with van der Waals surface area (Å²) in [6.07, 6.45) is 1.99. The molecule has 4 amide bonds. The van der Waals surface area contributed by atoms with Gasteiger partial charge in [0.25, 0.3) is 11.7 Å². The summed E-state index contributed by atoms with van der Waals surface area (Å²) in [5.74, 6) is -0.176. The van der Waals surface area contributed by atoms with Gasteiger partial charge in [-0.1, -0.05) is 23.9 Å². The van der Waals surface area contributed by atoms with Gasteiger partial charge in [-0.05, 0) is 44.7 Å². The van der Waals surface area contributed by atoms with Crippen molar-refractivity contribution in [3.8, 4) is 0 Å². The van der Waals surface area contributed by atoms with Gasteiger partial charge in [-0.3, -0.25) is 14.9 Å². The van der Waals surface area contributed by atoms with E-state index in [1.165, 1.54) is 11.8 Å². The van der Waals surface area contributed by atoms with E-state index in [2.05, 4.69) is 31.0 Å². The maximum Gasteiger partial charge on any atom is 0.322 e. The van der Waals surface area contributed by atoms with E-state index >= 15 is 0 Å². The Balaban J connectivity index is 1.56. The van der Waals surface area contributed by atoms with Crippen LogP contribution in [0.2, 0.25) is 0 Å². The Hall–Kier alpha value is -3.47. The van der Waals surface area contributed by atoms with Crippen molar-refractivity contribution in [2.75, 3.05) is 11.6 Å². The number of imide groups is 1. The summed E-state index contributed by atoms with van der Waals surface area (Å²) in [6.45, 7) is 5.33. The summed E-state index contributed by atoms with van der Waals surface area (Å²) >= 11 is 1.43. The van der Waals surface area contributed by atoms with Crippen LogP contribution in [0.4, 0.5) is 10.5 Å². The summed E-state index contributed by atoms with van der Waals surface area (Å²) in [5, 5.41) is 12.7. The van der Waals surface area contributed by atoms with Crippen LogP contribution in [0.5, 0.6) is 0 Å². The number of aromatic nitrogens is 4. The highest BCUT2D eigenvalue weighted by atomic mass is 32.2. The van der Waals surface area contributed by atoms with E-state index in [9.17, 15) is 14.4 Å². The maximum atomic E-state index is 12.8. The Labute approximate surface area is 182 Å². The molecule has 160 valence electrons. The number of thioether (sulfide) groups is 1. The third-order valence-electron chi connectivity index (χ3n) is 5.32. The zero-order chi connectivity index (χ0) is 22.3. The summed E-state index contributed by atoms with van der Waals surface area (Å²) in [4.78, 5) is 45.3. The van der Waals surface area contributed by atoms with Crippen molar-refractivity contribution in [1.29, 1.82) is 0 Å². The third-order valence-corrected chi connectivity index (χ3v) is 5.86. The van der Waals surface area contributed by atoms with Gasteiger partial charge in [-0.15, -0.1) is 5.10 Å². The van der Waals surface area contributed by atoms with E-state index in [-0.39, 0.29) is 12.3 Å². The van der Waals surface area contributed by atoms with E-state index in [0.29, 0.717) is 27.9 Å². The van der Waals surface area contributed by atoms with Crippen LogP contribution in [0.1, 0.15) is 29.4 Å². The summed E-state index contributed by atoms with van der Waals surface area (Å²) in [5.41, 5.74) is 2.18. The first-order valence-electron chi connectivity index (χ1n) is 9.52. The lowest BCUT2D eigenvalue weighted by molar-refractivity contribution is -0.123. The fourth-order valence-electron chi connectivity index (χ4n) is 3.55. The summed E-state index contributed by atoms with van der Waals surface area (Å²) in [7, 11) is 0. The van der Waals surface area contributed by atoms with Gasteiger partial charge in [0.05, 0.1) is 6.42 Å². The number of fused-ring (bicyclic) bond motifs is 1. The molecule has 1 fully saturated rings. The molecule has 4 rings (SSSR count). The van der Waals surface area contributed by atoms with Crippen LogP contribution in [0.15, 0.2) is 29.4 Å². The van der Waals surface area contributed by atoms with Crippen molar-refractivity contribution in [3.63, 3.8) is 0 Å². The molecular weight excluding hydrogens is 418 g/mol. The van der Waals surface area contributed by atoms with Gasteiger partial charge in [0, 0.05) is 22.6 Å². The number of carbonyl (C=O) groups excluding carboxylic acids is 3. The average Bonchev–Trinajstić information content (AvgIpc) is 3.25. The molecule has 1 aliphatic rings. The highest BCUT2D eigenvalue weighted by Gasteiger charge is 2.43. The molecule has 3 heterocycles. The fraction of sp³-hybridized carbons (Fsp3) is 0.300. The van der Waals surface area contributed by atoms with E-state index in [0.717, 1.165) is 11.3 Å². The molecule has 0 radical (unpaired) electrons. The zero-order valence-electron chi connectivity index (χ0n) is 17.4. The Kier molecular flexibility index (Phi) is 5.13. The highest BCUT2D eigenvalue weighted by molar-refractivity contribution is 7.98. The topological polar surface area (TPSA) is 130 Å². The highest BCUT2D eigenvalue weighted by Crippen LogP contribution is 2.26. The number of nitrogens with one attached hydrogen (secondary N) is 3. The van der Waals surface area contributed by atoms with Crippen LogP contribution in [0.3, 0.4) is 0 Å². The fourth-order valence-corrected chi connectivity index (χ4v) is 3.89. The number of carbonyl (C=O) groups is 3. The lowest BCUT2D eigenvalue weighted by Crippen LogP contribution is -2.40. The van der Waals surface area contributed by atoms with Crippen molar-refractivity contribution < 1.29 is 14.4 Å². The van der Waals surface area contributed by atoms with Crippen molar-refractivity contribution in [2.24, 2.45) is 0 Å². The maximum absolute atomic E-state index is 12.8. The predicted octanol–water partition coefficient (Wildman–Crippen LogP) is 1.70. The van der Waals surface area contributed by atoms with Crippen molar-refractivity contribution in [2.45, 2.75) is 37.9 Å². The Morgan fingerprint density at radius 1 is 1.26 bits per heavy atom.